The number of benzene rings is 1. The van der Waals surface area contributed by atoms with Gasteiger partial charge in [-0.05, 0) is 36.4 Å². The van der Waals surface area contributed by atoms with Crippen molar-refractivity contribution in [2.24, 2.45) is 0 Å². The molecule has 2 rings (SSSR count). The summed E-state index contributed by atoms with van der Waals surface area (Å²) in [4.78, 5) is 12.8. The van der Waals surface area contributed by atoms with Crippen molar-refractivity contribution in [2.75, 3.05) is 11.6 Å². The van der Waals surface area contributed by atoms with Crippen LogP contribution >= 0.6 is 22.9 Å². The Labute approximate surface area is 132 Å². The van der Waals surface area contributed by atoms with Crippen LogP contribution in [-0.4, -0.2) is 20.6 Å². The summed E-state index contributed by atoms with van der Waals surface area (Å²) in [7, 11) is -3.30. The van der Waals surface area contributed by atoms with Crippen LogP contribution in [-0.2, 0) is 14.6 Å². The molecule has 0 fully saturated rings. The lowest BCUT2D eigenvalue weighted by Gasteiger charge is -2.04. The normalized spacial score (nSPS) is 11.7. The summed E-state index contributed by atoms with van der Waals surface area (Å²) in [5.74, 6) is -0.342. The number of anilines is 1. The molecule has 2 aromatic rings. The van der Waals surface area contributed by atoms with Crippen LogP contribution in [0.4, 0.5) is 5.69 Å². The first-order valence-corrected chi connectivity index (χ1v) is 8.98. The van der Waals surface area contributed by atoms with Gasteiger partial charge in [0, 0.05) is 22.9 Å². The molecule has 0 unspecified atom stereocenters. The van der Waals surface area contributed by atoms with Gasteiger partial charge in [-0.2, -0.15) is 0 Å². The molecule has 0 aliphatic carbocycles. The number of thiophene rings is 1. The fourth-order valence-corrected chi connectivity index (χ4v) is 3.19. The fraction of sp³-hybridized carbons (Fsp3) is 0.0714. The van der Waals surface area contributed by atoms with Crippen LogP contribution in [0.25, 0.3) is 6.08 Å². The minimum absolute atomic E-state index is 0.161. The van der Waals surface area contributed by atoms with E-state index < -0.39 is 9.84 Å². The van der Waals surface area contributed by atoms with E-state index >= 15 is 0 Å². The summed E-state index contributed by atoms with van der Waals surface area (Å²) < 4.78 is 23.5. The number of rotatable bonds is 4. The Bertz CT molecular complexity index is 794. The Hall–Kier alpha value is -1.63. The molecule has 7 heteroatoms. The lowest BCUT2D eigenvalue weighted by Crippen LogP contribution is -2.08. The SMILES string of the molecule is CS(=O)(=O)c1cccc(NC(=O)C=Cc2ccc(Cl)s2)c1. The molecular formula is C14H12ClNO3S2. The van der Waals surface area contributed by atoms with Crippen molar-refractivity contribution in [3.8, 4) is 0 Å². The number of halogens is 1. The Morgan fingerprint density at radius 3 is 2.67 bits per heavy atom. The van der Waals surface area contributed by atoms with Crippen molar-refractivity contribution >= 4 is 50.4 Å². The third-order valence-corrected chi connectivity index (χ3v) is 4.83. The number of carbonyl (C=O) groups is 1. The molecular weight excluding hydrogens is 330 g/mol. The van der Waals surface area contributed by atoms with E-state index in [2.05, 4.69) is 5.32 Å². The van der Waals surface area contributed by atoms with Gasteiger partial charge in [-0.15, -0.1) is 11.3 Å². The maximum absolute atomic E-state index is 11.8. The van der Waals surface area contributed by atoms with Crippen molar-refractivity contribution in [1.82, 2.24) is 0 Å². The maximum Gasteiger partial charge on any atom is 0.248 e. The largest absolute Gasteiger partial charge is 0.322 e. The molecule has 0 spiro atoms. The molecule has 0 saturated heterocycles. The van der Waals surface area contributed by atoms with E-state index in [1.807, 2.05) is 0 Å². The highest BCUT2D eigenvalue weighted by atomic mass is 35.5. The Kier molecular flexibility index (Phi) is 4.82. The zero-order valence-corrected chi connectivity index (χ0v) is 13.4. The zero-order valence-electron chi connectivity index (χ0n) is 11.0. The molecule has 1 heterocycles. The van der Waals surface area contributed by atoms with E-state index in [0.29, 0.717) is 10.0 Å². The summed E-state index contributed by atoms with van der Waals surface area (Å²) in [6.07, 6.45) is 4.13. The Morgan fingerprint density at radius 1 is 1.29 bits per heavy atom. The second-order valence-electron chi connectivity index (χ2n) is 4.26. The van der Waals surface area contributed by atoms with Gasteiger partial charge in [-0.1, -0.05) is 17.7 Å². The highest BCUT2D eigenvalue weighted by molar-refractivity contribution is 7.90. The van der Waals surface area contributed by atoms with Crippen LogP contribution < -0.4 is 5.32 Å². The molecule has 1 N–H and O–H groups in total. The predicted octanol–water partition coefficient (Wildman–Crippen LogP) is 3.46. The van der Waals surface area contributed by atoms with E-state index in [4.69, 9.17) is 11.6 Å². The average molecular weight is 342 g/mol. The first-order chi connectivity index (χ1) is 9.84. The van der Waals surface area contributed by atoms with Gasteiger partial charge < -0.3 is 5.32 Å². The second kappa shape index (κ2) is 6.43. The molecule has 1 aromatic carbocycles. The average Bonchev–Trinajstić information content (AvgIpc) is 2.82. The minimum atomic E-state index is -3.30. The Balaban J connectivity index is 2.08. The predicted molar refractivity (Wildman–Crippen MR) is 86.5 cm³/mol. The van der Waals surface area contributed by atoms with Gasteiger partial charge in [0.1, 0.15) is 0 Å². The first kappa shape index (κ1) is 15.8. The van der Waals surface area contributed by atoms with Crippen LogP contribution in [0.1, 0.15) is 4.88 Å². The van der Waals surface area contributed by atoms with E-state index in [9.17, 15) is 13.2 Å². The number of amides is 1. The summed E-state index contributed by atoms with van der Waals surface area (Å²) in [6, 6.07) is 9.66. The highest BCUT2D eigenvalue weighted by Crippen LogP contribution is 2.22. The van der Waals surface area contributed by atoms with E-state index in [1.54, 1.807) is 30.3 Å². The number of hydrogen-bond acceptors (Lipinski definition) is 4. The third kappa shape index (κ3) is 4.70. The molecule has 0 bridgehead atoms. The van der Waals surface area contributed by atoms with Gasteiger partial charge in [0.2, 0.25) is 5.91 Å². The fourth-order valence-electron chi connectivity index (χ4n) is 1.56. The van der Waals surface area contributed by atoms with Gasteiger partial charge in [-0.25, -0.2) is 8.42 Å². The second-order valence-corrected chi connectivity index (χ2v) is 8.03. The third-order valence-electron chi connectivity index (χ3n) is 2.52. The van der Waals surface area contributed by atoms with E-state index in [-0.39, 0.29) is 10.8 Å². The van der Waals surface area contributed by atoms with Gasteiger partial charge >= 0.3 is 0 Å². The smallest absolute Gasteiger partial charge is 0.248 e. The van der Waals surface area contributed by atoms with Crippen LogP contribution in [0, 0.1) is 0 Å². The number of sulfone groups is 1. The quantitative estimate of drug-likeness (QED) is 0.866. The number of nitrogens with one attached hydrogen (secondary N) is 1. The molecule has 0 aliphatic heterocycles. The van der Waals surface area contributed by atoms with Crippen LogP contribution in [0.2, 0.25) is 4.34 Å². The molecule has 0 atom stereocenters. The van der Waals surface area contributed by atoms with Crippen LogP contribution in [0.3, 0.4) is 0 Å². The first-order valence-electron chi connectivity index (χ1n) is 5.89. The molecule has 0 aliphatic rings. The summed E-state index contributed by atoms with van der Waals surface area (Å²) in [5, 5.41) is 2.61. The topological polar surface area (TPSA) is 63.2 Å². The number of carbonyl (C=O) groups excluding carboxylic acids is 1. The molecule has 21 heavy (non-hydrogen) atoms. The van der Waals surface area contributed by atoms with Crippen molar-refractivity contribution < 1.29 is 13.2 Å². The molecule has 0 radical (unpaired) electrons. The molecule has 110 valence electrons. The summed E-state index contributed by atoms with van der Waals surface area (Å²) in [6.45, 7) is 0. The molecule has 4 nitrogen and oxygen atoms in total. The molecule has 0 saturated carbocycles. The summed E-state index contributed by atoms with van der Waals surface area (Å²) >= 11 is 7.15. The molecule has 1 aromatic heterocycles. The lowest BCUT2D eigenvalue weighted by atomic mass is 10.3. The molecule has 1 amide bonds. The summed E-state index contributed by atoms with van der Waals surface area (Å²) in [5.41, 5.74) is 0.428. The maximum atomic E-state index is 11.8. The van der Waals surface area contributed by atoms with Crippen molar-refractivity contribution in [3.63, 3.8) is 0 Å². The van der Waals surface area contributed by atoms with E-state index in [0.717, 1.165) is 11.1 Å². The van der Waals surface area contributed by atoms with Gasteiger partial charge in [0.25, 0.3) is 0 Å². The highest BCUT2D eigenvalue weighted by Gasteiger charge is 2.08. The van der Waals surface area contributed by atoms with Crippen LogP contribution in [0.15, 0.2) is 47.4 Å². The number of hydrogen-bond donors (Lipinski definition) is 1. The van der Waals surface area contributed by atoms with Crippen molar-refractivity contribution in [3.05, 3.63) is 51.7 Å². The van der Waals surface area contributed by atoms with Crippen molar-refractivity contribution in [1.29, 1.82) is 0 Å². The minimum Gasteiger partial charge on any atom is -0.322 e. The lowest BCUT2D eigenvalue weighted by molar-refractivity contribution is -0.111. The van der Waals surface area contributed by atoms with E-state index in [1.165, 1.54) is 29.5 Å². The standard InChI is InChI=1S/C14H12ClNO3S2/c1-21(18,19)12-4-2-3-10(9-12)16-14(17)8-6-11-5-7-13(15)20-11/h2-9H,1H3,(H,16,17). The monoisotopic (exact) mass is 341 g/mol. The van der Waals surface area contributed by atoms with Crippen molar-refractivity contribution in [2.45, 2.75) is 4.90 Å². The van der Waals surface area contributed by atoms with Gasteiger partial charge in [0.15, 0.2) is 9.84 Å². The van der Waals surface area contributed by atoms with Crippen LogP contribution in [0.5, 0.6) is 0 Å². The zero-order chi connectivity index (χ0) is 15.5. The Morgan fingerprint density at radius 2 is 2.05 bits per heavy atom. The van der Waals surface area contributed by atoms with Gasteiger partial charge in [-0.3, -0.25) is 4.79 Å². The van der Waals surface area contributed by atoms with Gasteiger partial charge in [0.05, 0.1) is 9.23 Å².